The highest BCUT2D eigenvalue weighted by Crippen LogP contribution is 2.35. The van der Waals surface area contributed by atoms with Gasteiger partial charge in [-0.2, -0.15) is 0 Å². The van der Waals surface area contributed by atoms with E-state index in [0.29, 0.717) is 44.2 Å². The van der Waals surface area contributed by atoms with Gasteiger partial charge in [-0.1, -0.05) is 12.8 Å². The summed E-state index contributed by atoms with van der Waals surface area (Å²) < 4.78 is 7.64. The Kier molecular flexibility index (Phi) is 7.16. The number of benzene rings is 2. The highest BCUT2D eigenvalue weighted by Gasteiger charge is 2.35. The Hall–Kier alpha value is -4.32. The van der Waals surface area contributed by atoms with Gasteiger partial charge in [-0.25, -0.2) is 4.68 Å². The van der Waals surface area contributed by atoms with E-state index in [2.05, 4.69) is 30.3 Å². The third-order valence-electron chi connectivity index (χ3n) is 7.99. The Morgan fingerprint density at radius 1 is 1.07 bits per heavy atom. The van der Waals surface area contributed by atoms with Gasteiger partial charge in [0.1, 0.15) is 11.8 Å². The lowest BCUT2D eigenvalue weighted by molar-refractivity contribution is -0.384. The minimum absolute atomic E-state index is 0.0734. The Balaban J connectivity index is 1.35. The van der Waals surface area contributed by atoms with Crippen molar-refractivity contribution in [3.05, 3.63) is 80.4 Å². The van der Waals surface area contributed by atoms with Crippen molar-refractivity contribution in [2.24, 2.45) is 0 Å². The fourth-order valence-electron chi connectivity index (χ4n) is 5.97. The van der Waals surface area contributed by atoms with Crippen LogP contribution in [0.2, 0.25) is 0 Å². The van der Waals surface area contributed by atoms with E-state index >= 15 is 0 Å². The van der Waals surface area contributed by atoms with Crippen LogP contribution in [0, 0.1) is 10.1 Å². The van der Waals surface area contributed by atoms with Gasteiger partial charge in [-0.05, 0) is 66.6 Å². The van der Waals surface area contributed by atoms with E-state index in [-0.39, 0.29) is 22.2 Å². The number of hydrogen-bond acceptors (Lipinski definition) is 9. The molecule has 0 radical (unpaired) electrons. The van der Waals surface area contributed by atoms with Crippen LogP contribution in [0.5, 0.6) is 5.75 Å². The van der Waals surface area contributed by atoms with Crippen LogP contribution in [0.25, 0.3) is 10.9 Å². The number of H-pyrrole nitrogens is 1. The van der Waals surface area contributed by atoms with E-state index < -0.39 is 6.04 Å². The molecule has 12 nitrogen and oxygen atoms in total. The van der Waals surface area contributed by atoms with Gasteiger partial charge in [-0.3, -0.25) is 19.8 Å². The van der Waals surface area contributed by atoms with Gasteiger partial charge in [0.25, 0.3) is 11.2 Å². The minimum atomic E-state index is -0.432. The topological polar surface area (TPSA) is 135 Å². The molecule has 0 bridgehead atoms. The molecule has 208 valence electrons. The molecule has 1 aliphatic carbocycles. The van der Waals surface area contributed by atoms with Crippen molar-refractivity contribution in [2.75, 3.05) is 37.7 Å². The van der Waals surface area contributed by atoms with Crippen molar-refractivity contribution in [1.29, 1.82) is 0 Å². The quantitative estimate of drug-likeness (QED) is 0.259. The van der Waals surface area contributed by atoms with Gasteiger partial charge >= 0.3 is 0 Å². The average Bonchev–Trinajstić information content (AvgIpc) is 3.67. The zero-order valence-electron chi connectivity index (χ0n) is 22.4. The average molecular weight is 545 g/mol. The first kappa shape index (κ1) is 25.9. The summed E-state index contributed by atoms with van der Waals surface area (Å²) in [4.78, 5) is 31.8. The first-order valence-electron chi connectivity index (χ1n) is 13.8. The summed E-state index contributed by atoms with van der Waals surface area (Å²) in [5, 5.41) is 24.9. The molecule has 2 aromatic carbocycles. The van der Waals surface area contributed by atoms with E-state index in [1.807, 2.05) is 35.9 Å². The third kappa shape index (κ3) is 5.02. The van der Waals surface area contributed by atoms with Crippen molar-refractivity contribution in [1.82, 2.24) is 30.1 Å². The van der Waals surface area contributed by atoms with Gasteiger partial charge < -0.3 is 14.6 Å². The molecule has 1 saturated carbocycles. The summed E-state index contributed by atoms with van der Waals surface area (Å²) >= 11 is 0. The number of ether oxygens (including phenoxy) is 1. The second-order valence-electron chi connectivity index (χ2n) is 10.4. The van der Waals surface area contributed by atoms with Gasteiger partial charge in [-0.15, -0.1) is 5.10 Å². The predicted octanol–water partition coefficient (Wildman–Crippen LogP) is 3.85. The number of nitrogens with one attached hydrogen (secondary N) is 1. The monoisotopic (exact) mass is 544 g/mol. The van der Waals surface area contributed by atoms with Crippen LogP contribution in [0.3, 0.4) is 0 Å². The Bertz CT molecular complexity index is 1550. The summed E-state index contributed by atoms with van der Waals surface area (Å²) in [6.07, 6.45) is 4.31. The van der Waals surface area contributed by atoms with Crippen LogP contribution in [0.15, 0.2) is 53.3 Å². The van der Waals surface area contributed by atoms with E-state index in [9.17, 15) is 14.9 Å². The lowest BCUT2D eigenvalue weighted by Crippen LogP contribution is -2.49. The van der Waals surface area contributed by atoms with Crippen molar-refractivity contribution in [3.8, 4) is 5.75 Å². The van der Waals surface area contributed by atoms with E-state index in [1.54, 1.807) is 12.1 Å². The lowest BCUT2D eigenvalue weighted by atomic mass is 10.0. The minimum Gasteiger partial charge on any atom is -0.494 e. The maximum atomic E-state index is 13.6. The summed E-state index contributed by atoms with van der Waals surface area (Å²) in [7, 11) is 0. The number of fused-ring (bicyclic) bond motifs is 1. The van der Waals surface area contributed by atoms with Gasteiger partial charge in [0.2, 0.25) is 0 Å². The normalized spacial score (nSPS) is 17.4. The smallest absolute Gasteiger partial charge is 0.269 e. The number of nitrogens with zero attached hydrogens (tertiary/aromatic N) is 7. The molecule has 0 spiro atoms. The van der Waals surface area contributed by atoms with Crippen LogP contribution < -0.4 is 15.2 Å². The summed E-state index contributed by atoms with van der Waals surface area (Å²) in [5.74, 6) is 1.43. The highest BCUT2D eigenvalue weighted by atomic mass is 16.6. The van der Waals surface area contributed by atoms with Crippen molar-refractivity contribution < 1.29 is 9.66 Å². The van der Waals surface area contributed by atoms with Crippen molar-refractivity contribution in [3.63, 3.8) is 0 Å². The molecule has 1 atom stereocenters. The molecule has 1 aliphatic heterocycles. The summed E-state index contributed by atoms with van der Waals surface area (Å²) in [5.41, 5.74) is 2.18. The molecular formula is C28H32N8O4. The van der Waals surface area contributed by atoms with Crippen LogP contribution in [-0.2, 0) is 0 Å². The van der Waals surface area contributed by atoms with E-state index in [4.69, 9.17) is 4.74 Å². The maximum absolute atomic E-state index is 13.6. The molecule has 12 heteroatoms. The zero-order chi connectivity index (χ0) is 27.6. The third-order valence-corrected chi connectivity index (χ3v) is 7.99. The number of anilines is 1. The molecule has 3 heterocycles. The number of aromatic nitrogens is 5. The molecule has 6 rings (SSSR count). The molecule has 2 aliphatic rings. The van der Waals surface area contributed by atoms with Gasteiger partial charge in [0.05, 0.1) is 17.6 Å². The number of aromatic amines is 1. The first-order chi connectivity index (χ1) is 19.5. The number of piperazine rings is 1. The first-order valence-corrected chi connectivity index (χ1v) is 13.8. The van der Waals surface area contributed by atoms with E-state index in [0.717, 1.165) is 48.0 Å². The zero-order valence-corrected chi connectivity index (χ0v) is 22.4. The number of rotatable bonds is 8. The Morgan fingerprint density at radius 2 is 1.82 bits per heavy atom. The molecule has 4 aromatic rings. The highest BCUT2D eigenvalue weighted by molar-refractivity contribution is 5.80. The molecular weight excluding hydrogens is 512 g/mol. The number of pyridine rings is 1. The number of nitro groups is 1. The fourth-order valence-corrected chi connectivity index (χ4v) is 5.97. The predicted molar refractivity (Wildman–Crippen MR) is 150 cm³/mol. The number of hydrogen-bond donors (Lipinski definition) is 1. The second-order valence-corrected chi connectivity index (χ2v) is 10.4. The molecule has 1 saturated heterocycles. The largest absolute Gasteiger partial charge is 0.494 e. The molecule has 40 heavy (non-hydrogen) atoms. The van der Waals surface area contributed by atoms with Crippen LogP contribution in [0.4, 0.5) is 11.4 Å². The molecule has 1 N–H and O–H groups in total. The van der Waals surface area contributed by atoms with Gasteiger partial charge in [0, 0.05) is 60.5 Å². The molecule has 2 aromatic heterocycles. The fraction of sp³-hybridized carbons (Fsp3) is 0.429. The van der Waals surface area contributed by atoms with Crippen molar-refractivity contribution in [2.45, 2.75) is 44.7 Å². The van der Waals surface area contributed by atoms with Crippen LogP contribution in [-0.4, -0.2) is 67.8 Å². The van der Waals surface area contributed by atoms with Crippen LogP contribution in [0.1, 0.15) is 56.1 Å². The van der Waals surface area contributed by atoms with E-state index in [1.165, 1.54) is 12.1 Å². The number of non-ortho nitro benzene ring substituents is 1. The maximum Gasteiger partial charge on any atom is 0.269 e. The molecule has 0 amide bonds. The number of nitro benzene ring substituents is 1. The standard InChI is InChI=1S/C28H32N8O4/c1-2-40-23-11-12-25-19(17-23)18-24(28(37)29-25)26(27-30-31-32-35(27)21-5-3-4-6-21)34-15-13-33(14-16-34)20-7-9-22(10-8-20)36(38)39/h7-12,17-18,21,26H,2-6,13-16H2,1H3,(H,29,37). The second kappa shape index (κ2) is 11.0. The van der Waals surface area contributed by atoms with Crippen molar-refractivity contribution >= 4 is 22.3 Å². The molecule has 1 unspecified atom stereocenters. The number of tetrazole rings is 1. The van der Waals surface area contributed by atoms with Gasteiger partial charge in [0.15, 0.2) is 5.82 Å². The van der Waals surface area contributed by atoms with Crippen LogP contribution >= 0.6 is 0 Å². The molecule has 2 fully saturated rings. The Labute approximate surface area is 230 Å². The Morgan fingerprint density at radius 3 is 2.52 bits per heavy atom. The lowest BCUT2D eigenvalue weighted by Gasteiger charge is -2.39. The SMILES string of the molecule is CCOc1ccc2[nH]c(=O)c(C(c3nnnn3C3CCCC3)N3CCN(c4ccc([N+](=O)[O-])cc4)CC3)cc2c1. The summed E-state index contributed by atoms with van der Waals surface area (Å²) in [6.45, 7) is 5.21. The summed E-state index contributed by atoms with van der Waals surface area (Å²) in [6, 6.07) is 14.0.